The molecule has 0 saturated heterocycles. The van der Waals surface area contributed by atoms with Crippen molar-refractivity contribution in [2.45, 2.75) is 4.21 Å². The number of benzene rings is 1. The van der Waals surface area contributed by atoms with Crippen molar-refractivity contribution in [1.29, 1.82) is 0 Å². The monoisotopic (exact) mass is 425 g/mol. The van der Waals surface area contributed by atoms with E-state index in [9.17, 15) is 13.2 Å². The van der Waals surface area contributed by atoms with Gasteiger partial charge in [-0.1, -0.05) is 29.5 Å². The number of hydrogen-bond acceptors (Lipinski definition) is 7. The van der Waals surface area contributed by atoms with Gasteiger partial charge in [-0.05, 0) is 23.6 Å². The molecule has 0 aliphatic heterocycles. The van der Waals surface area contributed by atoms with Gasteiger partial charge in [0.15, 0.2) is 5.13 Å². The molecule has 2 heterocycles. The number of thiazole rings is 1. The van der Waals surface area contributed by atoms with Gasteiger partial charge in [-0.25, -0.2) is 13.4 Å². The van der Waals surface area contributed by atoms with Crippen LogP contribution in [0.2, 0.25) is 0 Å². The average molecular weight is 426 g/mol. The van der Waals surface area contributed by atoms with Gasteiger partial charge < -0.3 is 4.74 Å². The van der Waals surface area contributed by atoms with Crippen LogP contribution in [0.3, 0.4) is 0 Å². The summed E-state index contributed by atoms with van der Waals surface area (Å²) < 4.78 is 32.5. The van der Waals surface area contributed by atoms with E-state index in [4.69, 9.17) is 4.74 Å². The number of thiophene rings is 1. The maximum atomic E-state index is 12.9. The van der Waals surface area contributed by atoms with Gasteiger partial charge in [0.1, 0.15) is 4.21 Å². The minimum atomic E-state index is -3.70. The summed E-state index contributed by atoms with van der Waals surface area (Å²) in [6.45, 7) is 0.338. The molecule has 3 aromatic rings. The molecule has 0 saturated carbocycles. The van der Waals surface area contributed by atoms with Crippen molar-refractivity contribution < 1.29 is 17.9 Å². The summed E-state index contributed by atoms with van der Waals surface area (Å²) in [7, 11) is -0.743. The summed E-state index contributed by atoms with van der Waals surface area (Å²) in [6, 6.07) is 10.8. The highest BCUT2D eigenvalue weighted by Gasteiger charge is 2.27. The van der Waals surface area contributed by atoms with Crippen molar-refractivity contribution in [3.8, 4) is 0 Å². The molecule has 0 N–H and O–H groups in total. The summed E-state index contributed by atoms with van der Waals surface area (Å²) >= 11 is 2.51. The zero-order valence-electron chi connectivity index (χ0n) is 14.9. The number of ether oxygens (including phenoxy) is 1. The van der Waals surface area contributed by atoms with E-state index in [0.29, 0.717) is 18.3 Å². The number of sulfonamides is 1. The van der Waals surface area contributed by atoms with E-state index in [1.165, 1.54) is 29.4 Å². The van der Waals surface area contributed by atoms with Crippen LogP contribution >= 0.6 is 22.7 Å². The van der Waals surface area contributed by atoms with Crippen LogP contribution in [0.4, 0.5) is 5.13 Å². The SMILES string of the molecule is COCCN(C(=O)CN(C)S(=O)(=O)c1cccs1)c1nc2ccccc2s1. The molecule has 0 radical (unpaired) electrons. The number of carbonyl (C=O) groups is 1. The molecule has 0 aliphatic carbocycles. The van der Waals surface area contributed by atoms with Gasteiger partial charge >= 0.3 is 0 Å². The molecule has 0 bridgehead atoms. The summed E-state index contributed by atoms with van der Waals surface area (Å²) in [6.07, 6.45) is 0. The maximum absolute atomic E-state index is 12.9. The molecular formula is C17H19N3O4S3. The van der Waals surface area contributed by atoms with E-state index in [1.54, 1.807) is 18.6 Å². The lowest BCUT2D eigenvalue weighted by Gasteiger charge is -2.22. The Hall–Kier alpha value is -1.85. The van der Waals surface area contributed by atoms with E-state index in [2.05, 4.69) is 4.98 Å². The third-order valence-electron chi connectivity index (χ3n) is 3.85. The van der Waals surface area contributed by atoms with Crippen LogP contribution in [0.1, 0.15) is 0 Å². The lowest BCUT2D eigenvalue weighted by atomic mass is 10.3. The zero-order chi connectivity index (χ0) is 19.4. The molecule has 0 spiro atoms. The van der Waals surface area contributed by atoms with Gasteiger partial charge in [-0.15, -0.1) is 11.3 Å². The predicted molar refractivity (Wildman–Crippen MR) is 108 cm³/mol. The van der Waals surface area contributed by atoms with Crippen LogP contribution in [-0.2, 0) is 19.6 Å². The Kier molecular flexibility index (Phi) is 6.22. The first-order valence-corrected chi connectivity index (χ1v) is 11.2. The first kappa shape index (κ1) is 19.9. The fraction of sp³-hybridized carbons (Fsp3) is 0.294. The Labute approximate surface area is 165 Å². The van der Waals surface area contributed by atoms with E-state index >= 15 is 0 Å². The molecule has 0 fully saturated rings. The van der Waals surface area contributed by atoms with Crippen molar-refractivity contribution in [2.75, 3.05) is 38.8 Å². The van der Waals surface area contributed by atoms with Crippen LogP contribution in [0.25, 0.3) is 10.2 Å². The van der Waals surface area contributed by atoms with Crippen molar-refractivity contribution in [3.05, 3.63) is 41.8 Å². The third kappa shape index (κ3) is 4.36. The molecule has 10 heteroatoms. The number of anilines is 1. The molecule has 1 aromatic carbocycles. The van der Waals surface area contributed by atoms with E-state index < -0.39 is 10.0 Å². The zero-order valence-corrected chi connectivity index (χ0v) is 17.3. The number of para-hydroxylation sites is 1. The number of carbonyl (C=O) groups excluding carboxylic acids is 1. The average Bonchev–Trinajstić information content (AvgIpc) is 3.32. The molecule has 2 aromatic heterocycles. The lowest BCUT2D eigenvalue weighted by molar-refractivity contribution is -0.118. The Morgan fingerprint density at radius 1 is 1.22 bits per heavy atom. The van der Waals surface area contributed by atoms with Crippen LogP contribution in [0, 0.1) is 0 Å². The second kappa shape index (κ2) is 8.44. The summed E-state index contributed by atoms with van der Waals surface area (Å²) in [4.78, 5) is 18.9. The number of amides is 1. The number of fused-ring (bicyclic) bond motifs is 1. The van der Waals surface area contributed by atoms with Gasteiger partial charge in [0.05, 0.1) is 29.9 Å². The molecule has 7 nitrogen and oxygen atoms in total. The minimum Gasteiger partial charge on any atom is -0.383 e. The third-order valence-corrected chi connectivity index (χ3v) is 8.09. The van der Waals surface area contributed by atoms with Crippen LogP contribution in [0.5, 0.6) is 0 Å². The standard InChI is InChI=1S/C17H19N3O4S3/c1-19(27(22,23)16-8-5-11-25-16)12-15(21)20(9-10-24-2)17-18-13-6-3-4-7-14(13)26-17/h3-8,11H,9-10,12H2,1-2H3. The van der Waals surface area contributed by atoms with Crippen molar-refractivity contribution in [2.24, 2.45) is 0 Å². The summed E-state index contributed by atoms with van der Waals surface area (Å²) in [5.41, 5.74) is 0.798. The molecule has 144 valence electrons. The quantitative estimate of drug-likeness (QED) is 0.554. The number of likely N-dealkylation sites (N-methyl/N-ethyl adjacent to an activating group) is 1. The molecule has 1 amide bonds. The van der Waals surface area contributed by atoms with E-state index in [1.807, 2.05) is 24.3 Å². The molecule has 0 unspecified atom stereocenters. The Balaban J connectivity index is 1.83. The summed E-state index contributed by atoms with van der Waals surface area (Å²) in [5.74, 6) is -0.353. The fourth-order valence-corrected chi connectivity index (χ4v) is 5.74. The minimum absolute atomic E-state index is 0.209. The number of aromatic nitrogens is 1. The van der Waals surface area contributed by atoms with Crippen LogP contribution in [0.15, 0.2) is 46.0 Å². The second-order valence-corrected chi connectivity index (χ2v) is 9.92. The highest BCUT2D eigenvalue weighted by atomic mass is 32.2. The van der Waals surface area contributed by atoms with E-state index in [0.717, 1.165) is 25.9 Å². The molecular weight excluding hydrogens is 406 g/mol. The largest absolute Gasteiger partial charge is 0.383 e. The maximum Gasteiger partial charge on any atom is 0.252 e. The van der Waals surface area contributed by atoms with Gasteiger partial charge in [0.2, 0.25) is 5.91 Å². The number of rotatable bonds is 8. The van der Waals surface area contributed by atoms with Crippen molar-refractivity contribution in [3.63, 3.8) is 0 Å². The molecule has 0 atom stereocenters. The Morgan fingerprint density at radius 2 is 2.00 bits per heavy atom. The van der Waals surface area contributed by atoms with Gasteiger partial charge in [-0.2, -0.15) is 4.31 Å². The van der Waals surface area contributed by atoms with Crippen molar-refractivity contribution >= 4 is 54.0 Å². The number of hydrogen-bond donors (Lipinski definition) is 0. The Bertz CT molecular complexity index is 982. The molecule has 0 aliphatic rings. The predicted octanol–water partition coefficient (Wildman–Crippen LogP) is 2.66. The highest BCUT2D eigenvalue weighted by molar-refractivity contribution is 7.91. The molecule has 27 heavy (non-hydrogen) atoms. The Morgan fingerprint density at radius 3 is 2.67 bits per heavy atom. The molecule has 3 rings (SSSR count). The van der Waals surface area contributed by atoms with Crippen LogP contribution in [-0.4, -0.2) is 57.5 Å². The smallest absolute Gasteiger partial charge is 0.252 e. The van der Waals surface area contributed by atoms with Crippen molar-refractivity contribution in [1.82, 2.24) is 9.29 Å². The first-order valence-electron chi connectivity index (χ1n) is 8.08. The topological polar surface area (TPSA) is 79.8 Å². The highest BCUT2D eigenvalue weighted by Crippen LogP contribution is 2.29. The van der Waals surface area contributed by atoms with E-state index in [-0.39, 0.29) is 16.7 Å². The number of methoxy groups -OCH3 is 1. The van der Waals surface area contributed by atoms with Crippen LogP contribution < -0.4 is 4.90 Å². The van der Waals surface area contributed by atoms with Gasteiger partial charge in [-0.3, -0.25) is 9.69 Å². The fourth-order valence-electron chi connectivity index (χ4n) is 2.41. The van der Waals surface area contributed by atoms with Gasteiger partial charge in [0, 0.05) is 14.2 Å². The normalized spacial score (nSPS) is 12.0. The number of nitrogens with zero attached hydrogens (tertiary/aromatic N) is 3. The summed E-state index contributed by atoms with van der Waals surface area (Å²) in [5, 5.41) is 2.22. The lowest BCUT2D eigenvalue weighted by Crippen LogP contribution is -2.42. The second-order valence-electron chi connectivity index (χ2n) is 5.70. The first-order chi connectivity index (χ1) is 12.9. The van der Waals surface area contributed by atoms with Gasteiger partial charge in [0.25, 0.3) is 10.0 Å².